The van der Waals surface area contributed by atoms with Crippen LogP contribution in [0.5, 0.6) is 0 Å². The van der Waals surface area contributed by atoms with Gasteiger partial charge in [0.25, 0.3) is 0 Å². The summed E-state index contributed by atoms with van der Waals surface area (Å²) in [6.07, 6.45) is 8.99. The van der Waals surface area contributed by atoms with Crippen molar-refractivity contribution < 1.29 is 4.39 Å². The van der Waals surface area contributed by atoms with Crippen LogP contribution in [0, 0.1) is 17.1 Å². The van der Waals surface area contributed by atoms with Gasteiger partial charge in [0.2, 0.25) is 5.95 Å². The van der Waals surface area contributed by atoms with Gasteiger partial charge in [-0.15, -0.1) is 0 Å². The van der Waals surface area contributed by atoms with E-state index in [2.05, 4.69) is 37.0 Å². The van der Waals surface area contributed by atoms with Gasteiger partial charge < -0.3 is 9.88 Å². The Kier molecular flexibility index (Phi) is 6.50. The monoisotopic (exact) mass is 454 g/mol. The summed E-state index contributed by atoms with van der Waals surface area (Å²) in [6, 6.07) is 14.4. The standard InChI is InChI=1S/C27H27FN6/c28-24-7-5-21(6-8-24)23-18-31-27(32-19-23)34-13-11-33(12-14-34)10-2-1-3-22-17-30-26-9-4-20(16-29)15-25(22)26/h4-9,15,17-19,30H,1-3,10-14H2. The van der Waals surface area contributed by atoms with Crippen LogP contribution in [-0.2, 0) is 6.42 Å². The smallest absolute Gasteiger partial charge is 0.225 e. The number of nitriles is 1. The van der Waals surface area contributed by atoms with Gasteiger partial charge in [-0.2, -0.15) is 5.26 Å². The number of fused-ring (bicyclic) bond motifs is 1. The number of benzene rings is 2. The van der Waals surface area contributed by atoms with E-state index in [0.717, 1.165) is 80.0 Å². The first kappa shape index (κ1) is 22.1. The van der Waals surface area contributed by atoms with Crippen LogP contribution in [0.1, 0.15) is 24.0 Å². The Morgan fingerprint density at radius 3 is 2.44 bits per heavy atom. The molecule has 1 aliphatic heterocycles. The molecule has 0 aliphatic carbocycles. The zero-order valence-corrected chi connectivity index (χ0v) is 19.0. The normalized spacial score (nSPS) is 14.4. The van der Waals surface area contributed by atoms with E-state index in [1.165, 1.54) is 17.7 Å². The molecular weight excluding hydrogens is 427 g/mol. The lowest BCUT2D eigenvalue weighted by molar-refractivity contribution is 0.252. The molecule has 0 spiro atoms. The number of piperazine rings is 1. The highest BCUT2D eigenvalue weighted by Crippen LogP contribution is 2.22. The maximum absolute atomic E-state index is 13.1. The Balaban J connectivity index is 1.07. The maximum atomic E-state index is 13.1. The van der Waals surface area contributed by atoms with Crippen LogP contribution in [0.15, 0.2) is 61.1 Å². The van der Waals surface area contributed by atoms with E-state index in [0.29, 0.717) is 5.56 Å². The fraction of sp³-hybridized carbons (Fsp3) is 0.296. The molecule has 6 nitrogen and oxygen atoms in total. The summed E-state index contributed by atoms with van der Waals surface area (Å²) in [4.78, 5) is 17.1. The van der Waals surface area contributed by atoms with Crippen LogP contribution in [0.25, 0.3) is 22.0 Å². The van der Waals surface area contributed by atoms with Crippen molar-refractivity contribution in [1.82, 2.24) is 19.9 Å². The number of nitrogens with zero attached hydrogens (tertiary/aromatic N) is 5. The molecule has 0 unspecified atom stereocenters. The van der Waals surface area contributed by atoms with E-state index in [9.17, 15) is 4.39 Å². The van der Waals surface area contributed by atoms with Crippen LogP contribution in [-0.4, -0.2) is 52.6 Å². The van der Waals surface area contributed by atoms with Crippen molar-refractivity contribution in [2.45, 2.75) is 19.3 Å². The Labute approximate surface area is 198 Å². The number of hydrogen-bond donors (Lipinski definition) is 1. The second-order valence-electron chi connectivity index (χ2n) is 8.75. The van der Waals surface area contributed by atoms with Gasteiger partial charge in [-0.25, -0.2) is 14.4 Å². The van der Waals surface area contributed by atoms with Gasteiger partial charge in [-0.1, -0.05) is 12.1 Å². The quantitative estimate of drug-likeness (QED) is 0.407. The Morgan fingerprint density at radius 2 is 1.71 bits per heavy atom. The molecule has 0 atom stereocenters. The van der Waals surface area contributed by atoms with Crippen molar-refractivity contribution in [3.8, 4) is 17.2 Å². The first-order valence-corrected chi connectivity index (χ1v) is 11.7. The molecule has 5 rings (SSSR count). The highest BCUT2D eigenvalue weighted by Gasteiger charge is 2.18. The molecule has 2 aromatic heterocycles. The molecule has 2 aromatic carbocycles. The first-order valence-electron chi connectivity index (χ1n) is 11.7. The number of H-pyrrole nitrogens is 1. The van der Waals surface area contributed by atoms with E-state index in [4.69, 9.17) is 5.26 Å². The van der Waals surface area contributed by atoms with Gasteiger partial charge in [-0.3, -0.25) is 4.90 Å². The molecular formula is C27H27FN6. The highest BCUT2D eigenvalue weighted by atomic mass is 19.1. The van der Waals surface area contributed by atoms with E-state index in [-0.39, 0.29) is 5.82 Å². The maximum Gasteiger partial charge on any atom is 0.225 e. The SMILES string of the molecule is N#Cc1ccc2[nH]cc(CCCCN3CCN(c4ncc(-c5ccc(F)cc5)cn4)CC3)c2c1. The molecule has 7 heteroatoms. The molecule has 1 aliphatic rings. The molecule has 4 aromatic rings. The summed E-state index contributed by atoms with van der Waals surface area (Å²) < 4.78 is 13.1. The van der Waals surface area contributed by atoms with Crippen molar-refractivity contribution in [2.75, 3.05) is 37.6 Å². The Morgan fingerprint density at radius 1 is 0.941 bits per heavy atom. The largest absolute Gasteiger partial charge is 0.361 e. The van der Waals surface area contributed by atoms with Gasteiger partial charge in [0.15, 0.2) is 0 Å². The average Bonchev–Trinajstić information content (AvgIpc) is 3.29. The summed E-state index contributed by atoms with van der Waals surface area (Å²) in [5.74, 6) is 0.507. The third-order valence-corrected chi connectivity index (χ3v) is 6.54. The Bertz CT molecular complexity index is 1280. The van der Waals surface area contributed by atoms with E-state index < -0.39 is 0 Å². The molecule has 172 valence electrons. The van der Waals surface area contributed by atoms with Gasteiger partial charge in [0, 0.05) is 61.2 Å². The van der Waals surface area contributed by atoms with E-state index >= 15 is 0 Å². The van der Waals surface area contributed by atoms with Gasteiger partial charge in [0.05, 0.1) is 11.6 Å². The lowest BCUT2D eigenvalue weighted by atomic mass is 10.1. The summed E-state index contributed by atoms with van der Waals surface area (Å²) in [7, 11) is 0. The van der Waals surface area contributed by atoms with Crippen molar-refractivity contribution >= 4 is 16.9 Å². The summed E-state index contributed by atoms with van der Waals surface area (Å²) >= 11 is 0. The van der Waals surface area contributed by atoms with Gasteiger partial charge in [-0.05, 0) is 67.3 Å². The fourth-order valence-corrected chi connectivity index (χ4v) is 4.55. The van der Waals surface area contributed by atoms with Gasteiger partial charge in [0.1, 0.15) is 5.82 Å². The number of rotatable bonds is 7. The van der Waals surface area contributed by atoms with E-state index in [1.54, 1.807) is 12.1 Å². The average molecular weight is 455 g/mol. The number of aromatic amines is 1. The number of anilines is 1. The van der Waals surface area contributed by atoms with Crippen LogP contribution in [0.3, 0.4) is 0 Å². The van der Waals surface area contributed by atoms with Crippen molar-refractivity contribution in [1.29, 1.82) is 5.26 Å². The zero-order valence-electron chi connectivity index (χ0n) is 19.0. The van der Waals surface area contributed by atoms with Crippen molar-refractivity contribution in [3.05, 3.63) is 78.0 Å². The third-order valence-electron chi connectivity index (χ3n) is 6.54. The van der Waals surface area contributed by atoms with Crippen LogP contribution < -0.4 is 4.90 Å². The predicted octanol–water partition coefficient (Wildman–Crippen LogP) is 4.78. The molecule has 34 heavy (non-hydrogen) atoms. The van der Waals surface area contributed by atoms with Crippen LogP contribution in [0.4, 0.5) is 10.3 Å². The van der Waals surface area contributed by atoms with Crippen LogP contribution >= 0.6 is 0 Å². The number of aryl methyl sites for hydroxylation is 1. The summed E-state index contributed by atoms with van der Waals surface area (Å²) in [6.45, 7) is 4.91. The molecule has 0 amide bonds. The van der Waals surface area contributed by atoms with Crippen molar-refractivity contribution in [3.63, 3.8) is 0 Å². The first-order chi connectivity index (χ1) is 16.7. The van der Waals surface area contributed by atoms with Crippen LogP contribution in [0.2, 0.25) is 0 Å². The topological polar surface area (TPSA) is 71.8 Å². The second kappa shape index (κ2) is 10.0. The number of unbranched alkanes of at least 4 members (excludes halogenated alkanes) is 1. The number of halogens is 1. The molecule has 3 heterocycles. The summed E-state index contributed by atoms with van der Waals surface area (Å²) in [5, 5.41) is 10.3. The molecule has 0 radical (unpaired) electrons. The minimum Gasteiger partial charge on any atom is -0.361 e. The molecule has 1 saturated heterocycles. The number of nitrogens with one attached hydrogen (secondary N) is 1. The molecule has 1 N–H and O–H groups in total. The number of aromatic nitrogens is 3. The predicted molar refractivity (Wildman–Crippen MR) is 132 cm³/mol. The van der Waals surface area contributed by atoms with E-state index in [1.807, 2.05) is 30.6 Å². The Hall–Kier alpha value is -3.76. The van der Waals surface area contributed by atoms with Crippen molar-refractivity contribution in [2.24, 2.45) is 0 Å². The minimum absolute atomic E-state index is 0.244. The molecule has 1 fully saturated rings. The lowest BCUT2D eigenvalue weighted by Crippen LogP contribution is -2.47. The van der Waals surface area contributed by atoms with Gasteiger partial charge >= 0.3 is 0 Å². The summed E-state index contributed by atoms with van der Waals surface area (Å²) in [5.41, 5.74) is 4.90. The zero-order chi connectivity index (χ0) is 23.3. The fourth-order valence-electron chi connectivity index (χ4n) is 4.55. The second-order valence-corrected chi connectivity index (χ2v) is 8.75. The lowest BCUT2D eigenvalue weighted by Gasteiger charge is -2.34. The molecule has 0 saturated carbocycles. The molecule has 0 bridgehead atoms. The minimum atomic E-state index is -0.244. The highest BCUT2D eigenvalue weighted by molar-refractivity contribution is 5.84. The third kappa shape index (κ3) is 4.92. The number of hydrogen-bond acceptors (Lipinski definition) is 5.